The van der Waals surface area contributed by atoms with E-state index in [1.54, 1.807) is 7.11 Å². The highest BCUT2D eigenvalue weighted by molar-refractivity contribution is 7.12. The molecule has 0 N–H and O–H groups in total. The van der Waals surface area contributed by atoms with Gasteiger partial charge in [0.2, 0.25) is 0 Å². The van der Waals surface area contributed by atoms with E-state index < -0.39 is 5.41 Å². The van der Waals surface area contributed by atoms with E-state index in [0.29, 0.717) is 0 Å². The number of methoxy groups -OCH3 is 1. The van der Waals surface area contributed by atoms with Gasteiger partial charge in [0.25, 0.3) is 0 Å². The lowest BCUT2D eigenvalue weighted by molar-refractivity contribution is -0.122. The molecule has 1 aliphatic carbocycles. The van der Waals surface area contributed by atoms with Crippen LogP contribution < -0.4 is 0 Å². The van der Waals surface area contributed by atoms with Crippen molar-refractivity contribution in [2.24, 2.45) is 16.7 Å². The van der Waals surface area contributed by atoms with Gasteiger partial charge in [0.05, 0.1) is 12.0 Å². The summed E-state index contributed by atoms with van der Waals surface area (Å²) in [4.78, 5) is 27.7. The molecule has 1 unspecified atom stereocenters. The second-order valence-electron chi connectivity index (χ2n) is 10.9. The summed E-state index contributed by atoms with van der Waals surface area (Å²) >= 11 is 1.51. The van der Waals surface area contributed by atoms with Crippen LogP contribution in [-0.4, -0.2) is 18.7 Å². The summed E-state index contributed by atoms with van der Waals surface area (Å²) in [6.07, 6.45) is 6.08. The van der Waals surface area contributed by atoms with Crippen LogP contribution in [0.15, 0.2) is 45.6 Å². The van der Waals surface area contributed by atoms with Crippen LogP contribution in [0.4, 0.5) is 0 Å². The first-order chi connectivity index (χ1) is 15.3. The Morgan fingerprint density at radius 3 is 2.27 bits per heavy atom. The topological polar surface area (TPSA) is 43.4 Å². The van der Waals surface area contributed by atoms with Crippen molar-refractivity contribution in [3.63, 3.8) is 0 Å². The zero-order valence-corrected chi connectivity index (χ0v) is 23.1. The molecule has 0 radical (unpaired) electrons. The van der Waals surface area contributed by atoms with Gasteiger partial charge in [-0.25, -0.2) is 0 Å². The van der Waals surface area contributed by atoms with Crippen molar-refractivity contribution in [3.8, 4) is 0 Å². The number of carbonyl (C=O) groups excluding carboxylic acids is 2. The van der Waals surface area contributed by atoms with E-state index >= 15 is 0 Å². The zero-order valence-electron chi connectivity index (χ0n) is 22.3. The summed E-state index contributed by atoms with van der Waals surface area (Å²) in [5.41, 5.74) is 3.87. The van der Waals surface area contributed by atoms with Crippen LogP contribution >= 0.6 is 11.3 Å². The molecule has 2 rings (SSSR count). The van der Waals surface area contributed by atoms with Crippen molar-refractivity contribution in [1.29, 1.82) is 0 Å². The Bertz CT molecular complexity index is 992. The Morgan fingerprint density at radius 1 is 1.15 bits per heavy atom. The highest BCUT2D eigenvalue weighted by Gasteiger charge is 2.43. The first kappa shape index (κ1) is 27.3. The fraction of sp³-hybridized carbons (Fsp3) is 0.586. The van der Waals surface area contributed by atoms with Gasteiger partial charge in [-0.05, 0) is 67.2 Å². The van der Waals surface area contributed by atoms with Gasteiger partial charge in [-0.1, -0.05) is 66.0 Å². The highest BCUT2D eigenvalue weighted by atomic mass is 32.1. The Kier molecular flexibility index (Phi) is 8.73. The average molecular weight is 471 g/mol. The van der Waals surface area contributed by atoms with Crippen molar-refractivity contribution >= 4 is 22.9 Å². The molecule has 1 aliphatic rings. The highest BCUT2D eigenvalue weighted by Crippen LogP contribution is 2.50. The van der Waals surface area contributed by atoms with E-state index in [4.69, 9.17) is 4.74 Å². The van der Waals surface area contributed by atoms with Gasteiger partial charge in [-0.3, -0.25) is 9.59 Å². The number of rotatable bonds is 9. The summed E-state index contributed by atoms with van der Waals surface area (Å²) in [6, 6.07) is 1.98. The van der Waals surface area contributed by atoms with Crippen molar-refractivity contribution in [2.45, 2.75) is 88.0 Å². The number of allylic oxidation sites excluding steroid dienone is 5. The Balaban J connectivity index is 2.64. The monoisotopic (exact) mass is 470 g/mol. The maximum Gasteiger partial charge on any atom is 0.198 e. The van der Waals surface area contributed by atoms with Crippen molar-refractivity contribution in [2.75, 3.05) is 7.11 Å². The minimum absolute atomic E-state index is 0.111. The standard InChI is InChI=1S/C29H42O3S/c1-11-12-13-14-21(25(30)23-15-18(2)17-33-23)16-22-26(32-10)19(3)24(20(4)29(22,8)9)27(31)28(5,6)7/h15-17,22H,11-14H2,1-10H3. The van der Waals surface area contributed by atoms with Gasteiger partial charge in [0, 0.05) is 16.9 Å². The summed E-state index contributed by atoms with van der Waals surface area (Å²) in [7, 11) is 1.68. The number of hydrogen-bond acceptors (Lipinski definition) is 4. The molecule has 33 heavy (non-hydrogen) atoms. The van der Waals surface area contributed by atoms with Crippen LogP contribution in [0.1, 0.15) is 96.3 Å². The molecule has 1 atom stereocenters. The van der Waals surface area contributed by atoms with E-state index in [2.05, 4.69) is 33.8 Å². The van der Waals surface area contributed by atoms with Crippen LogP contribution in [0.3, 0.4) is 0 Å². The van der Waals surface area contributed by atoms with Gasteiger partial charge in [0.15, 0.2) is 11.6 Å². The van der Waals surface area contributed by atoms with Crippen LogP contribution in [0, 0.1) is 23.7 Å². The number of ether oxygens (including phenoxy) is 1. The van der Waals surface area contributed by atoms with Crippen LogP contribution in [0.25, 0.3) is 0 Å². The first-order valence-electron chi connectivity index (χ1n) is 12.1. The van der Waals surface area contributed by atoms with Gasteiger partial charge < -0.3 is 4.74 Å². The first-order valence-corrected chi connectivity index (χ1v) is 13.0. The predicted molar refractivity (Wildman–Crippen MR) is 140 cm³/mol. The van der Waals surface area contributed by atoms with Crippen LogP contribution in [-0.2, 0) is 9.53 Å². The van der Waals surface area contributed by atoms with E-state index in [1.807, 2.05) is 46.1 Å². The molecular weight excluding hydrogens is 428 g/mol. The lowest BCUT2D eigenvalue weighted by atomic mass is 9.63. The van der Waals surface area contributed by atoms with Crippen molar-refractivity contribution in [3.05, 3.63) is 56.0 Å². The fourth-order valence-electron chi connectivity index (χ4n) is 4.55. The largest absolute Gasteiger partial charge is 0.500 e. The lowest BCUT2D eigenvalue weighted by Crippen LogP contribution is -2.36. The molecule has 182 valence electrons. The molecular formula is C29H42O3S. The van der Waals surface area contributed by atoms with Crippen molar-refractivity contribution < 1.29 is 14.3 Å². The SMILES string of the molecule is CCCCCC(=CC1C(OC)=C(C)C(C(=O)C(C)(C)C)=C(C)C1(C)C)C(=O)c1cc(C)cs1. The molecule has 0 aromatic carbocycles. The Labute approximate surface area is 205 Å². The minimum Gasteiger partial charge on any atom is -0.500 e. The zero-order chi connectivity index (χ0) is 25.1. The number of carbonyl (C=O) groups is 2. The molecule has 4 heteroatoms. The quantitative estimate of drug-likeness (QED) is 0.207. The lowest BCUT2D eigenvalue weighted by Gasteiger charge is -2.42. The maximum absolute atomic E-state index is 13.5. The number of thiophene rings is 1. The second kappa shape index (κ2) is 10.5. The van der Waals surface area contributed by atoms with Gasteiger partial charge in [-0.2, -0.15) is 0 Å². The van der Waals surface area contributed by atoms with Gasteiger partial charge in [-0.15, -0.1) is 11.3 Å². The van der Waals surface area contributed by atoms with E-state index in [9.17, 15) is 9.59 Å². The minimum atomic E-state index is -0.478. The van der Waals surface area contributed by atoms with Gasteiger partial charge >= 0.3 is 0 Å². The van der Waals surface area contributed by atoms with E-state index in [0.717, 1.165) is 64.2 Å². The molecule has 0 saturated carbocycles. The molecule has 3 nitrogen and oxygen atoms in total. The number of hydrogen-bond donors (Lipinski definition) is 0. The predicted octanol–water partition coefficient (Wildman–Crippen LogP) is 8.25. The van der Waals surface area contributed by atoms with E-state index in [1.165, 1.54) is 11.3 Å². The molecule has 1 heterocycles. The Morgan fingerprint density at radius 2 is 1.79 bits per heavy atom. The third-order valence-corrected chi connectivity index (χ3v) is 7.98. The van der Waals surface area contributed by atoms with Crippen molar-refractivity contribution in [1.82, 2.24) is 0 Å². The number of aryl methyl sites for hydroxylation is 1. The summed E-state index contributed by atoms with van der Waals surface area (Å²) in [5, 5.41) is 2.03. The Hall–Kier alpha value is -1.94. The third-order valence-electron chi connectivity index (χ3n) is 6.94. The number of Topliss-reactive ketones (excluding diaryl/α,β-unsaturated/α-hetero) is 2. The molecule has 1 aromatic rings. The molecule has 0 aliphatic heterocycles. The molecule has 0 bridgehead atoms. The summed E-state index contributed by atoms with van der Waals surface area (Å²) < 4.78 is 5.95. The number of unbranched alkanes of at least 4 members (excludes halogenated alkanes) is 2. The molecule has 0 spiro atoms. The third kappa shape index (κ3) is 5.77. The second-order valence-corrected chi connectivity index (χ2v) is 11.8. The summed E-state index contributed by atoms with van der Waals surface area (Å²) in [6.45, 7) is 18.5. The normalized spacial score (nSPS) is 19.2. The van der Waals surface area contributed by atoms with Gasteiger partial charge in [0.1, 0.15) is 5.76 Å². The average Bonchev–Trinajstić information content (AvgIpc) is 3.16. The summed E-state index contributed by atoms with van der Waals surface area (Å²) in [5.74, 6) is 0.934. The molecule has 0 amide bonds. The maximum atomic E-state index is 13.5. The van der Waals surface area contributed by atoms with Crippen LogP contribution in [0.2, 0.25) is 0 Å². The molecule has 1 aromatic heterocycles. The van der Waals surface area contributed by atoms with Crippen LogP contribution in [0.5, 0.6) is 0 Å². The van der Waals surface area contributed by atoms with E-state index in [-0.39, 0.29) is 22.9 Å². The fourth-order valence-corrected chi connectivity index (χ4v) is 5.42. The molecule has 0 saturated heterocycles. The smallest absolute Gasteiger partial charge is 0.198 e. The number of ketones is 2. The molecule has 0 fully saturated rings.